The number of rotatable bonds is 13. The van der Waals surface area contributed by atoms with E-state index in [1.165, 1.54) is 0 Å². The van der Waals surface area contributed by atoms with Crippen molar-refractivity contribution in [3.8, 4) is 0 Å². The second-order valence-electron chi connectivity index (χ2n) is 6.34. The Balaban J connectivity index is 2.41. The van der Waals surface area contributed by atoms with Gasteiger partial charge in [0.2, 0.25) is 0 Å². The number of esters is 1. The van der Waals surface area contributed by atoms with Crippen LogP contribution in [0.1, 0.15) is 52.5 Å². The molecule has 142 valence electrons. The molecular weight excluding hydrogens is 314 g/mol. The van der Waals surface area contributed by atoms with Crippen LogP contribution in [0, 0.1) is 0 Å². The largest absolute Gasteiger partial charge is 0.463 e. The maximum Gasteiger partial charge on any atom is 0.316 e. The summed E-state index contributed by atoms with van der Waals surface area (Å²) in [5.74, 6) is -0.145. The predicted octanol–water partition coefficient (Wildman–Crippen LogP) is 4.04. The van der Waals surface area contributed by atoms with Gasteiger partial charge in [-0.15, -0.1) is 0 Å². The number of benzene rings is 1. The summed E-state index contributed by atoms with van der Waals surface area (Å²) < 4.78 is 11.2. The fourth-order valence-electron chi connectivity index (χ4n) is 3.19. The lowest BCUT2D eigenvalue weighted by Crippen LogP contribution is -2.37. The van der Waals surface area contributed by atoms with Crippen molar-refractivity contribution in [2.24, 2.45) is 0 Å². The Labute approximate surface area is 153 Å². The van der Waals surface area contributed by atoms with E-state index in [4.69, 9.17) is 9.47 Å². The molecule has 0 aliphatic heterocycles. The predicted molar refractivity (Wildman–Crippen MR) is 103 cm³/mol. The molecule has 0 aliphatic carbocycles. The van der Waals surface area contributed by atoms with Crippen LogP contribution in [0.4, 0.5) is 0 Å². The molecule has 4 nitrogen and oxygen atoms in total. The molecule has 0 unspecified atom stereocenters. The molecule has 0 fully saturated rings. The number of nitrogens with zero attached hydrogens (tertiary/aromatic N) is 1. The summed E-state index contributed by atoms with van der Waals surface area (Å²) >= 11 is 0. The molecule has 1 aromatic carbocycles. The fourth-order valence-corrected chi connectivity index (χ4v) is 3.19. The topological polar surface area (TPSA) is 38.8 Å². The van der Waals surface area contributed by atoms with Gasteiger partial charge in [0.1, 0.15) is 6.61 Å². The van der Waals surface area contributed by atoms with Crippen molar-refractivity contribution in [1.29, 1.82) is 0 Å². The zero-order valence-electron chi connectivity index (χ0n) is 16.4. The summed E-state index contributed by atoms with van der Waals surface area (Å²) in [6.45, 7) is 12.9. The molecule has 1 rings (SSSR count). The molecule has 0 aromatic heterocycles. The molecule has 0 saturated carbocycles. The van der Waals surface area contributed by atoms with Crippen molar-refractivity contribution in [1.82, 2.24) is 4.90 Å². The number of carbonyl (C=O) groups excluding carboxylic acids is 1. The van der Waals surface area contributed by atoms with Gasteiger partial charge in [0.25, 0.3) is 0 Å². The normalized spacial score (nSPS) is 11.7. The third-order valence-corrected chi connectivity index (χ3v) is 4.92. The number of hydrogen-bond acceptors (Lipinski definition) is 4. The molecule has 0 bridgehead atoms. The van der Waals surface area contributed by atoms with Gasteiger partial charge in [-0.25, -0.2) is 0 Å². The van der Waals surface area contributed by atoms with E-state index < -0.39 is 5.41 Å². The van der Waals surface area contributed by atoms with Crippen LogP contribution in [0.15, 0.2) is 30.3 Å². The first-order valence-electron chi connectivity index (χ1n) is 9.67. The van der Waals surface area contributed by atoms with Gasteiger partial charge in [0.05, 0.1) is 18.6 Å². The Morgan fingerprint density at radius 3 is 2.20 bits per heavy atom. The van der Waals surface area contributed by atoms with Crippen molar-refractivity contribution in [2.45, 2.75) is 52.4 Å². The molecule has 4 heteroatoms. The molecule has 0 saturated heterocycles. The fraction of sp³-hybridized carbons (Fsp3) is 0.667. The van der Waals surface area contributed by atoms with Crippen molar-refractivity contribution >= 4 is 5.97 Å². The summed E-state index contributed by atoms with van der Waals surface area (Å²) in [6.07, 6.45) is 2.62. The summed E-state index contributed by atoms with van der Waals surface area (Å²) in [5, 5.41) is 0. The first kappa shape index (κ1) is 21.7. The molecule has 0 amide bonds. The Hall–Kier alpha value is -1.39. The molecule has 0 spiro atoms. The van der Waals surface area contributed by atoms with Gasteiger partial charge in [0, 0.05) is 6.54 Å². The van der Waals surface area contributed by atoms with E-state index >= 15 is 0 Å². The van der Waals surface area contributed by atoms with E-state index in [9.17, 15) is 4.79 Å². The van der Waals surface area contributed by atoms with Crippen LogP contribution in [0.25, 0.3) is 0 Å². The minimum absolute atomic E-state index is 0.145. The second kappa shape index (κ2) is 12.0. The summed E-state index contributed by atoms with van der Waals surface area (Å²) in [5.41, 5.74) is 0.477. The van der Waals surface area contributed by atoms with Crippen molar-refractivity contribution in [3.05, 3.63) is 35.9 Å². The highest BCUT2D eigenvalue weighted by molar-refractivity contribution is 5.83. The van der Waals surface area contributed by atoms with E-state index in [0.717, 1.165) is 44.5 Å². The third-order valence-electron chi connectivity index (χ3n) is 4.92. The van der Waals surface area contributed by atoms with Crippen LogP contribution >= 0.6 is 0 Å². The number of hydrogen-bond donors (Lipinski definition) is 0. The number of ether oxygens (including phenoxy) is 2. The van der Waals surface area contributed by atoms with Crippen LogP contribution in [0.5, 0.6) is 0 Å². The Morgan fingerprint density at radius 1 is 0.960 bits per heavy atom. The highest BCUT2D eigenvalue weighted by Crippen LogP contribution is 2.33. The molecule has 0 atom stereocenters. The van der Waals surface area contributed by atoms with Crippen molar-refractivity contribution in [2.75, 3.05) is 39.5 Å². The first-order chi connectivity index (χ1) is 12.1. The third kappa shape index (κ3) is 6.44. The molecule has 0 radical (unpaired) electrons. The average molecular weight is 350 g/mol. The van der Waals surface area contributed by atoms with E-state index in [1.54, 1.807) is 0 Å². The van der Waals surface area contributed by atoms with Crippen LogP contribution < -0.4 is 0 Å². The number of likely N-dealkylation sites (N-methyl/N-ethyl adjacent to an activating group) is 1. The summed E-state index contributed by atoms with van der Waals surface area (Å²) in [6, 6.07) is 9.94. The quantitative estimate of drug-likeness (QED) is 0.398. The van der Waals surface area contributed by atoms with Gasteiger partial charge < -0.3 is 14.4 Å². The monoisotopic (exact) mass is 349 g/mol. The standard InChI is InChI=1S/C21H35NO3/c1-5-14-22(8-4)15-16-24-17-18-25-20(23)21(6-2,7-3)19-12-10-9-11-13-19/h9-13H,5-8,14-18H2,1-4H3. The van der Waals surface area contributed by atoms with Crippen LogP contribution in [0.3, 0.4) is 0 Å². The van der Waals surface area contributed by atoms with Gasteiger partial charge in [-0.1, -0.05) is 58.0 Å². The summed E-state index contributed by atoms with van der Waals surface area (Å²) in [4.78, 5) is 15.1. The molecule has 25 heavy (non-hydrogen) atoms. The molecule has 0 heterocycles. The van der Waals surface area contributed by atoms with E-state index in [2.05, 4.69) is 18.7 Å². The lowest BCUT2D eigenvalue weighted by molar-refractivity contribution is -0.152. The van der Waals surface area contributed by atoms with Crippen LogP contribution in [-0.4, -0.2) is 50.3 Å². The Morgan fingerprint density at radius 2 is 1.64 bits per heavy atom. The van der Waals surface area contributed by atoms with E-state index in [0.29, 0.717) is 19.8 Å². The second-order valence-corrected chi connectivity index (χ2v) is 6.34. The average Bonchev–Trinajstić information content (AvgIpc) is 2.66. The maximum absolute atomic E-state index is 12.7. The highest BCUT2D eigenvalue weighted by Gasteiger charge is 2.38. The highest BCUT2D eigenvalue weighted by atomic mass is 16.6. The van der Waals surface area contributed by atoms with Crippen molar-refractivity contribution in [3.63, 3.8) is 0 Å². The zero-order chi connectivity index (χ0) is 18.5. The minimum Gasteiger partial charge on any atom is -0.463 e. The summed E-state index contributed by atoms with van der Waals surface area (Å²) in [7, 11) is 0. The van der Waals surface area contributed by atoms with Crippen LogP contribution in [-0.2, 0) is 19.7 Å². The lowest BCUT2D eigenvalue weighted by Gasteiger charge is -2.29. The van der Waals surface area contributed by atoms with Gasteiger partial charge in [0.15, 0.2) is 0 Å². The smallest absolute Gasteiger partial charge is 0.316 e. The SMILES string of the molecule is CCCN(CC)CCOCCOC(=O)C(CC)(CC)c1ccccc1. The van der Waals surface area contributed by atoms with Gasteiger partial charge in [-0.2, -0.15) is 0 Å². The molecule has 1 aromatic rings. The molecular formula is C21H35NO3. The van der Waals surface area contributed by atoms with Crippen LogP contribution in [0.2, 0.25) is 0 Å². The first-order valence-corrected chi connectivity index (χ1v) is 9.67. The number of carbonyl (C=O) groups is 1. The zero-order valence-corrected chi connectivity index (χ0v) is 16.4. The Kier molecular flexibility index (Phi) is 10.4. The molecule has 0 N–H and O–H groups in total. The van der Waals surface area contributed by atoms with E-state index in [1.807, 2.05) is 44.2 Å². The van der Waals surface area contributed by atoms with Gasteiger partial charge >= 0.3 is 5.97 Å². The Bertz CT molecular complexity index is 471. The van der Waals surface area contributed by atoms with Gasteiger partial charge in [-0.05, 0) is 37.9 Å². The minimum atomic E-state index is -0.554. The maximum atomic E-state index is 12.7. The van der Waals surface area contributed by atoms with Gasteiger partial charge in [-0.3, -0.25) is 4.79 Å². The lowest BCUT2D eigenvalue weighted by atomic mass is 9.76. The van der Waals surface area contributed by atoms with E-state index in [-0.39, 0.29) is 5.97 Å². The van der Waals surface area contributed by atoms with Crippen molar-refractivity contribution < 1.29 is 14.3 Å². The molecule has 0 aliphatic rings.